The molecule has 0 aliphatic heterocycles. The first kappa shape index (κ1) is 15.3. The van der Waals surface area contributed by atoms with Crippen molar-refractivity contribution < 1.29 is 9.53 Å². The van der Waals surface area contributed by atoms with Crippen molar-refractivity contribution in [1.82, 2.24) is 10.6 Å². The molecule has 1 aliphatic rings. The lowest BCUT2D eigenvalue weighted by molar-refractivity contribution is 0.0505. The average Bonchev–Trinajstić information content (AvgIpc) is 2.09. The van der Waals surface area contributed by atoms with E-state index in [2.05, 4.69) is 24.5 Å². The Morgan fingerprint density at radius 1 is 1.17 bits per heavy atom. The largest absolute Gasteiger partial charge is 0.444 e. The third kappa shape index (κ3) is 6.24. The van der Waals surface area contributed by atoms with Crippen LogP contribution in [-0.2, 0) is 4.74 Å². The lowest BCUT2D eigenvalue weighted by Gasteiger charge is -2.32. The smallest absolute Gasteiger partial charge is 0.407 e. The van der Waals surface area contributed by atoms with Crippen molar-refractivity contribution in [2.24, 2.45) is 5.41 Å². The van der Waals surface area contributed by atoms with Gasteiger partial charge in [-0.1, -0.05) is 20.3 Å². The molecule has 0 saturated heterocycles. The maximum atomic E-state index is 11.6. The number of amides is 1. The number of rotatable bonds is 5. The molecule has 18 heavy (non-hydrogen) atoms. The van der Waals surface area contributed by atoms with E-state index in [4.69, 9.17) is 4.74 Å². The molecule has 0 radical (unpaired) electrons. The Labute approximate surface area is 111 Å². The first-order valence-corrected chi connectivity index (χ1v) is 6.88. The summed E-state index contributed by atoms with van der Waals surface area (Å²) in [6.45, 7) is 11.5. The van der Waals surface area contributed by atoms with Crippen LogP contribution >= 0.6 is 0 Å². The first-order chi connectivity index (χ1) is 8.18. The van der Waals surface area contributed by atoms with Gasteiger partial charge in [-0.3, -0.25) is 0 Å². The lowest BCUT2D eigenvalue weighted by Crippen LogP contribution is -2.46. The Kier molecular flexibility index (Phi) is 5.02. The summed E-state index contributed by atoms with van der Waals surface area (Å²) in [5.74, 6) is 0. The Hall–Kier alpha value is -0.770. The second kappa shape index (κ2) is 5.91. The molecule has 0 heterocycles. The molecule has 0 spiro atoms. The van der Waals surface area contributed by atoms with Crippen molar-refractivity contribution in [3.8, 4) is 0 Å². The highest BCUT2D eigenvalue weighted by molar-refractivity contribution is 5.67. The Balaban J connectivity index is 2.20. The number of carbonyl (C=O) groups excluding carboxylic acids is 1. The minimum Gasteiger partial charge on any atom is -0.444 e. The van der Waals surface area contributed by atoms with Crippen molar-refractivity contribution in [2.45, 2.75) is 65.5 Å². The van der Waals surface area contributed by atoms with Crippen LogP contribution in [0.1, 0.15) is 53.9 Å². The van der Waals surface area contributed by atoms with Crippen LogP contribution in [0.5, 0.6) is 0 Å². The van der Waals surface area contributed by atoms with Crippen LogP contribution in [-0.4, -0.2) is 30.8 Å². The molecule has 0 bridgehead atoms. The number of alkyl carbamates (subject to hydrolysis) is 1. The van der Waals surface area contributed by atoms with E-state index in [0.717, 1.165) is 6.54 Å². The van der Waals surface area contributed by atoms with Gasteiger partial charge >= 0.3 is 6.09 Å². The van der Waals surface area contributed by atoms with E-state index in [1.807, 2.05) is 20.8 Å². The van der Waals surface area contributed by atoms with Gasteiger partial charge in [0.1, 0.15) is 5.60 Å². The Morgan fingerprint density at radius 2 is 1.78 bits per heavy atom. The summed E-state index contributed by atoms with van der Waals surface area (Å²) in [5.41, 5.74) is -0.384. The predicted octanol–water partition coefficient (Wildman–Crippen LogP) is 2.68. The molecular weight excluding hydrogens is 228 g/mol. The highest BCUT2D eigenvalue weighted by atomic mass is 16.6. The van der Waals surface area contributed by atoms with Gasteiger partial charge in [-0.25, -0.2) is 4.79 Å². The lowest BCUT2D eigenvalue weighted by atomic mass is 9.89. The second-order valence-corrected chi connectivity index (χ2v) is 7.03. The van der Waals surface area contributed by atoms with Crippen molar-refractivity contribution in [3.05, 3.63) is 0 Å². The second-order valence-electron chi connectivity index (χ2n) is 7.03. The van der Waals surface area contributed by atoms with Crippen LogP contribution in [0.2, 0.25) is 0 Å². The number of nitrogens with one attached hydrogen (secondary N) is 2. The Morgan fingerprint density at radius 3 is 2.22 bits per heavy atom. The highest BCUT2D eigenvalue weighted by Gasteiger charge is 2.24. The topological polar surface area (TPSA) is 50.4 Å². The van der Waals surface area contributed by atoms with Crippen LogP contribution in [0.15, 0.2) is 0 Å². The van der Waals surface area contributed by atoms with E-state index < -0.39 is 5.60 Å². The fourth-order valence-electron chi connectivity index (χ4n) is 1.72. The van der Waals surface area contributed by atoms with Gasteiger partial charge in [0.15, 0.2) is 0 Å². The number of ether oxygens (including phenoxy) is 1. The van der Waals surface area contributed by atoms with Gasteiger partial charge in [0.25, 0.3) is 0 Å². The van der Waals surface area contributed by atoms with E-state index in [9.17, 15) is 4.79 Å². The van der Waals surface area contributed by atoms with E-state index in [-0.39, 0.29) is 11.5 Å². The minimum absolute atomic E-state index is 0.0481. The van der Waals surface area contributed by atoms with E-state index >= 15 is 0 Å². The highest BCUT2D eigenvalue weighted by Crippen LogP contribution is 2.20. The van der Waals surface area contributed by atoms with Gasteiger partial charge in [-0.05, 0) is 39.0 Å². The standard InChI is InChI=1S/C14H28N2O2/c1-13(2,3)18-12(17)16-10-14(4,5)9-15-11-7-6-8-11/h11,15H,6-10H2,1-5H3,(H,16,17). The number of hydrogen-bond acceptors (Lipinski definition) is 3. The van der Waals surface area contributed by atoms with Crippen molar-refractivity contribution in [2.75, 3.05) is 13.1 Å². The monoisotopic (exact) mass is 256 g/mol. The maximum absolute atomic E-state index is 11.6. The van der Waals surface area contributed by atoms with Crippen LogP contribution in [0, 0.1) is 5.41 Å². The fraction of sp³-hybridized carbons (Fsp3) is 0.929. The van der Waals surface area contributed by atoms with Gasteiger partial charge in [0.05, 0.1) is 0 Å². The van der Waals surface area contributed by atoms with E-state index in [1.54, 1.807) is 0 Å². The van der Waals surface area contributed by atoms with Gasteiger partial charge in [-0.2, -0.15) is 0 Å². The van der Waals surface area contributed by atoms with Crippen LogP contribution in [0.25, 0.3) is 0 Å². The normalized spacial score (nSPS) is 17.2. The zero-order valence-electron chi connectivity index (χ0n) is 12.4. The number of carbonyl (C=O) groups is 1. The van der Waals surface area contributed by atoms with E-state index in [0.29, 0.717) is 12.6 Å². The molecule has 0 aromatic carbocycles. The van der Waals surface area contributed by atoms with Crippen molar-refractivity contribution in [1.29, 1.82) is 0 Å². The Bertz CT molecular complexity index is 278. The summed E-state index contributed by atoms with van der Waals surface area (Å²) in [6.07, 6.45) is 3.58. The summed E-state index contributed by atoms with van der Waals surface area (Å²) < 4.78 is 5.22. The first-order valence-electron chi connectivity index (χ1n) is 6.88. The molecular formula is C14H28N2O2. The molecule has 106 valence electrons. The van der Waals surface area contributed by atoms with Crippen molar-refractivity contribution in [3.63, 3.8) is 0 Å². The zero-order valence-corrected chi connectivity index (χ0v) is 12.4. The van der Waals surface area contributed by atoms with E-state index in [1.165, 1.54) is 19.3 Å². The maximum Gasteiger partial charge on any atom is 0.407 e. The third-order valence-electron chi connectivity index (χ3n) is 3.08. The molecule has 1 amide bonds. The number of hydrogen-bond donors (Lipinski definition) is 2. The summed E-state index contributed by atoms with van der Waals surface area (Å²) in [7, 11) is 0. The SMILES string of the molecule is CC(C)(CNC(=O)OC(C)(C)C)CNC1CCC1. The predicted molar refractivity (Wildman–Crippen MR) is 73.7 cm³/mol. The van der Waals surface area contributed by atoms with Gasteiger partial charge < -0.3 is 15.4 Å². The summed E-state index contributed by atoms with van der Waals surface area (Å²) in [5, 5.41) is 6.38. The molecule has 2 N–H and O–H groups in total. The molecule has 0 aromatic heterocycles. The molecule has 0 atom stereocenters. The molecule has 1 aliphatic carbocycles. The summed E-state index contributed by atoms with van der Waals surface area (Å²) >= 11 is 0. The molecule has 4 nitrogen and oxygen atoms in total. The fourth-order valence-corrected chi connectivity index (χ4v) is 1.72. The molecule has 1 fully saturated rings. The molecule has 1 rings (SSSR count). The van der Waals surface area contributed by atoms with Crippen LogP contribution in [0.4, 0.5) is 4.79 Å². The zero-order chi connectivity index (χ0) is 13.8. The molecule has 1 saturated carbocycles. The molecule has 0 unspecified atom stereocenters. The van der Waals surface area contributed by atoms with Crippen molar-refractivity contribution >= 4 is 6.09 Å². The summed E-state index contributed by atoms with van der Waals surface area (Å²) in [6, 6.07) is 0.686. The van der Waals surface area contributed by atoms with Gasteiger partial charge in [0.2, 0.25) is 0 Å². The third-order valence-corrected chi connectivity index (χ3v) is 3.08. The summed E-state index contributed by atoms with van der Waals surface area (Å²) in [4.78, 5) is 11.6. The minimum atomic E-state index is -0.432. The van der Waals surface area contributed by atoms with Crippen LogP contribution in [0.3, 0.4) is 0 Å². The average molecular weight is 256 g/mol. The van der Waals surface area contributed by atoms with Crippen LogP contribution < -0.4 is 10.6 Å². The van der Waals surface area contributed by atoms with Gasteiger partial charge in [-0.15, -0.1) is 0 Å². The van der Waals surface area contributed by atoms with Gasteiger partial charge in [0, 0.05) is 19.1 Å². The molecule has 4 heteroatoms. The molecule has 0 aromatic rings. The quantitative estimate of drug-likeness (QED) is 0.795.